The number of thiophene rings is 1. The largest absolute Gasteiger partial charge is 0.255 e. The van der Waals surface area contributed by atoms with Crippen molar-refractivity contribution in [3.8, 4) is 11.3 Å². The topological polar surface area (TPSA) is 25.8 Å². The van der Waals surface area contributed by atoms with Gasteiger partial charge < -0.3 is 0 Å². The number of rotatable bonds is 1. The first-order valence-electron chi connectivity index (χ1n) is 6.52. The van der Waals surface area contributed by atoms with Crippen LogP contribution in [0.2, 0.25) is 0 Å². The van der Waals surface area contributed by atoms with Gasteiger partial charge in [-0.1, -0.05) is 23.8 Å². The van der Waals surface area contributed by atoms with E-state index in [-0.39, 0.29) is 0 Å². The molecule has 1 aromatic carbocycles. The summed E-state index contributed by atoms with van der Waals surface area (Å²) >= 11 is 1.72. The second kappa shape index (κ2) is 4.39. The highest BCUT2D eigenvalue weighted by atomic mass is 32.1. The molecule has 0 amide bonds. The summed E-state index contributed by atoms with van der Waals surface area (Å²) < 4.78 is 1.21. The monoisotopic (exact) mass is 276 g/mol. The van der Waals surface area contributed by atoms with Gasteiger partial charge >= 0.3 is 0 Å². The summed E-state index contributed by atoms with van der Waals surface area (Å²) in [7, 11) is 0. The Hall–Kier alpha value is -2.26. The van der Waals surface area contributed by atoms with Gasteiger partial charge in [0, 0.05) is 28.7 Å². The third kappa shape index (κ3) is 1.71. The van der Waals surface area contributed by atoms with Crippen molar-refractivity contribution in [3.63, 3.8) is 0 Å². The molecule has 20 heavy (non-hydrogen) atoms. The quantitative estimate of drug-likeness (QED) is 0.498. The number of hydrogen-bond acceptors (Lipinski definition) is 3. The van der Waals surface area contributed by atoms with Gasteiger partial charge in [-0.25, -0.2) is 4.98 Å². The Balaban J connectivity index is 2.10. The lowest BCUT2D eigenvalue weighted by Crippen LogP contribution is -1.83. The van der Waals surface area contributed by atoms with E-state index in [1.807, 2.05) is 18.5 Å². The predicted octanol–water partition coefficient (Wildman–Crippen LogP) is 4.82. The molecule has 0 aliphatic heterocycles. The number of aryl methyl sites for hydroxylation is 1. The number of aromatic nitrogens is 2. The third-order valence-electron chi connectivity index (χ3n) is 3.46. The van der Waals surface area contributed by atoms with Crippen molar-refractivity contribution in [2.24, 2.45) is 0 Å². The molecule has 3 heterocycles. The molecule has 0 radical (unpaired) electrons. The van der Waals surface area contributed by atoms with E-state index in [2.05, 4.69) is 53.3 Å². The average molecular weight is 276 g/mol. The zero-order valence-electron chi connectivity index (χ0n) is 11.0. The number of hydrogen-bond donors (Lipinski definition) is 0. The van der Waals surface area contributed by atoms with Crippen molar-refractivity contribution in [2.45, 2.75) is 6.92 Å². The highest BCUT2D eigenvalue weighted by Gasteiger charge is 2.11. The Morgan fingerprint density at radius 2 is 1.85 bits per heavy atom. The fourth-order valence-electron chi connectivity index (χ4n) is 2.54. The highest BCUT2D eigenvalue weighted by molar-refractivity contribution is 7.25. The molecule has 4 aromatic rings. The van der Waals surface area contributed by atoms with Crippen LogP contribution >= 0.6 is 11.3 Å². The average Bonchev–Trinajstić information content (AvgIpc) is 2.86. The highest BCUT2D eigenvalue weighted by Crippen LogP contribution is 2.37. The van der Waals surface area contributed by atoms with Crippen molar-refractivity contribution in [2.75, 3.05) is 0 Å². The Morgan fingerprint density at radius 3 is 2.75 bits per heavy atom. The van der Waals surface area contributed by atoms with Crippen LogP contribution in [0.1, 0.15) is 5.56 Å². The third-order valence-corrected chi connectivity index (χ3v) is 4.59. The van der Waals surface area contributed by atoms with Crippen LogP contribution in [0.3, 0.4) is 0 Å². The van der Waals surface area contributed by atoms with Crippen LogP contribution in [0.25, 0.3) is 31.6 Å². The molecule has 0 saturated carbocycles. The lowest BCUT2D eigenvalue weighted by molar-refractivity contribution is 1.35. The van der Waals surface area contributed by atoms with Crippen LogP contribution in [0.15, 0.2) is 54.9 Å². The predicted molar refractivity (Wildman–Crippen MR) is 85.1 cm³/mol. The molecule has 0 aliphatic rings. The molecule has 3 heteroatoms. The molecule has 96 valence electrons. The molecule has 0 N–H and O–H groups in total. The minimum absolute atomic E-state index is 1.05. The summed E-state index contributed by atoms with van der Waals surface area (Å²) in [6.07, 6.45) is 3.73. The van der Waals surface area contributed by atoms with E-state index in [1.54, 1.807) is 11.3 Å². The van der Waals surface area contributed by atoms with Gasteiger partial charge in [0.2, 0.25) is 0 Å². The second-order valence-corrected chi connectivity index (χ2v) is 5.86. The Kier molecular flexibility index (Phi) is 2.54. The van der Waals surface area contributed by atoms with Crippen LogP contribution in [0.4, 0.5) is 0 Å². The summed E-state index contributed by atoms with van der Waals surface area (Å²) in [5, 5.41) is 2.45. The normalized spacial score (nSPS) is 11.2. The number of pyridine rings is 2. The maximum absolute atomic E-state index is 4.60. The molecule has 0 fully saturated rings. The Bertz CT molecular complexity index is 924. The first-order valence-corrected chi connectivity index (χ1v) is 7.34. The molecular weight excluding hydrogens is 264 g/mol. The summed E-state index contributed by atoms with van der Waals surface area (Å²) in [4.78, 5) is 10.1. The van der Waals surface area contributed by atoms with Crippen LogP contribution in [0, 0.1) is 6.92 Å². The van der Waals surface area contributed by atoms with E-state index in [0.717, 1.165) is 10.5 Å². The SMILES string of the molecule is Cc1cccc(-c2nccc3c2sc2ncccc23)c1. The van der Waals surface area contributed by atoms with Gasteiger partial charge in [-0.3, -0.25) is 4.98 Å². The fraction of sp³-hybridized carbons (Fsp3) is 0.0588. The summed E-state index contributed by atoms with van der Waals surface area (Å²) in [6.45, 7) is 2.11. The Labute approximate surface area is 120 Å². The summed E-state index contributed by atoms with van der Waals surface area (Å²) in [5.41, 5.74) is 3.47. The minimum atomic E-state index is 1.05. The molecule has 0 aliphatic carbocycles. The van der Waals surface area contributed by atoms with Crippen molar-refractivity contribution >= 4 is 31.6 Å². The van der Waals surface area contributed by atoms with Crippen molar-refractivity contribution in [3.05, 3.63) is 60.4 Å². The van der Waals surface area contributed by atoms with E-state index in [9.17, 15) is 0 Å². The second-order valence-electron chi connectivity index (χ2n) is 4.86. The first kappa shape index (κ1) is 11.6. The standard InChI is InChI=1S/C17H12N2S/c1-11-4-2-5-12(10-11)15-16-13(7-9-18-15)14-6-3-8-19-17(14)20-16/h2-10H,1H3. The zero-order chi connectivity index (χ0) is 13.5. The lowest BCUT2D eigenvalue weighted by Gasteiger charge is -2.03. The van der Waals surface area contributed by atoms with Gasteiger partial charge in [-0.15, -0.1) is 11.3 Å². The van der Waals surface area contributed by atoms with Crippen molar-refractivity contribution in [1.82, 2.24) is 9.97 Å². The van der Waals surface area contributed by atoms with Crippen molar-refractivity contribution in [1.29, 1.82) is 0 Å². The molecule has 3 aromatic heterocycles. The van der Waals surface area contributed by atoms with Gasteiger partial charge in [-0.2, -0.15) is 0 Å². The van der Waals surface area contributed by atoms with E-state index in [1.165, 1.54) is 26.6 Å². The molecule has 0 spiro atoms. The number of nitrogens with zero attached hydrogens (tertiary/aromatic N) is 2. The molecular formula is C17H12N2S. The molecule has 2 nitrogen and oxygen atoms in total. The van der Waals surface area contributed by atoms with E-state index >= 15 is 0 Å². The van der Waals surface area contributed by atoms with Crippen LogP contribution in [-0.4, -0.2) is 9.97 Å². The van der Waals surface area contributed by atoms with E-state index in [0.29, 0.717) is 0 Å². The van der Waals surface area contributed by atoms with Gasteiger partial charge in [0.1, 0.15) is 4.83 Å². The molecule has 0 saturated heterocycles. The molecule has 0 atom stereocenters. The fourth-order valence-corrected chi connectivity index (χ4v) is 3.69. The van der Waals surface area contributed by atoms with E-state index < -0.39 is 0 Å². The molecule has 0 unspecified atom stereocenters. The first-order chi connectivity index (χ1) is 9.83. The molecule has 4 rings (SSSR count). The van der Waals surface area contributed by atoms with Crippen molar-refractivity contribution < 1.29 is 0 Å². The van der Waals surface area contributed by atoms with Gasteiger partial charge in [0.25, 0.3) is 0 Å². The van der Waals surface area contributed by atoms with Crippen LogP contribution in [0.5, 0.6) is 0 Å². The maximum Gasteiger partial charge on any atom is 0.124 e. The summed E-state index contributed by atoms with van der Waals surface area (Å²) in [5.74, 6) is 0. The maximum atomic E-state index is 4.60. The van der Waals surface area contributed by atoms with Gasteiger partial charge in [-0.05, 0) is 31.2 Å². The molecule has 0 bridgehead atoms. The van der Waals surface area contributed by atoms with E-state index in [4.69, 9.17) is 0 Å². The lowest BCUT2D eigenvalue weighted by atomic mass is 10.1. The number of fused-ring (bicyclic) bond motifs is 3. The summed E-state index contributed by atoms with van der Waals surface area (Å²) in [6, 6.07) is 14.7. The minimum Gasteiger partial charge on any atom is -0.255 e. The number of benzene rings is 1. The van der Waals surface area contributed by atoms with Crippen LogP contribution < -0.4 is 0 Å². The van der Waals surface area contributed by atoms with Gasteiger partial charge in [0.15, 0.2) is 0 Å². The van der Waals surface area contributed by atoms with Gasteiger partial charge in [0.05, 0.1) is 10.4 Å². The smallest absolute Gasteiger partial charge is 0.124 e. The Morgan fingerprint density at radius 1 is 0.900 bits per heavy atom. The van der Waals surface area contributed by atoms with Crippen LogP contribution in [-0.2, 0) is 0 Å². The zero-order valence-corrected chi connectivity index (χ0v) is 11.8.